The van der Waals surface area contributed by atoms with Crippen molar-refractivity contribution >= 4 is 5.78 Å². The summed E-state index contributed by atoms with van der Waals surface area (Å²) in [7, 11) is 8.58. The molecule has 1 aromatic carbocycles. The number of rotatable bonds is 4. The van der Waals surface area contributed by atoms with E-state index in [-0.39, 0.29) is 11.9 Å². The number of nitrogens with zero attached hydrogens (tertiary/aromatic N) is 1. The van der Waals surface area contributed by atoms with E-state index in [4.69, 9.17) is 23.7 Å². The molecule has 7 heteroatoms. The molecular weight excluding hydrogens is 362 g/mol. The molecular formula is C21H27NO6. The van der Waals surface area contributed by atoms with E-state index in [0.29, 0.717) is 17.9 Å². The molecule has 2 aliphatic carbocycles. The van der Waals surface area contributed by atoms with Crippen molar-refractivity contribution in [2.24, 2.45) is 0 Å². The summed E-state index contributed by atoms with van der Waals surface area (Å²) in [5.41, 5.74) is 1.11. The Bertz CT molecular complexity index is 858. The van der Waals surface area contributed by atoms with E-state index in [2.05, 4.69) is 18.0 Å². The average molecular weight is 389 g/mol. The molecule has 1 saturated carbocycles. The lowest BCUT2D eigenvalue weighted by Crippen LogP contribution is -2.76. The van der Waals surface area contributed by atoms with Gasteiger partial charge >= 0.3 is 0 Å². The largest absolute Gasteiger partial charge is 0.493 e. The Labute approximate surface area is 164 Å². The molecule has 1 aromatic rings. The smallest absolute Gasteiger partial charge is 0.222 e. The van der Waals surface area contributed by atoms with Crippen LogP contribution in [0.2, 0.25) is 0 Å². The first-order valence-electron chi connectivity index (χ1n) is 9.71. The van der Waals surface area contributed by atoms with E-state index in [1.54, 1.807) is 28.4 Å². The fraction of sp³-hybridized carbons (Fsp3) is 0.667. The average Bonchev–Trinajstić information content (AvgIpc) is 3.20. The van der Waals surface area contributed by atoms with Gasteiger partial charge in [-0.3, -0.25) is 9.69 Å². The summed E-state index contributed by atoms with van der Waals surface area (Å²) in [6.07, 6.45) is 0.981. The lowest BCUT2D eigenvalue weighted by atomic mass is 9.50. The number of ether oxygens (including phenoxy) is 5. The number of likely N-dealkylation sites (N-methyl/N-ethyl adjacent to an activating group) is 1. The summed E-state index contributed by atoms with van der Waals surface area (Å²) < 4.78 is 29.9. The number of carbonyl (C=O) groups excluding carboxylic acids is 1. The highest BCUT2D eigenvalue weighted by molar-refractivity contribution is 5.89. The van der Waals surface area contributed by atoms with Crippen LogP contribution in [0.15, 0.2) is 12.1 Å². The van der Waals surface area contributed by atoms with Crippen LogP contribution in [0.4, 0.5) is 0 Å². The number of ketones is 1. The Morgan fingerprint density at radius 2 is 1.96 bits per heavy atom. The molecule has 2 bridgehead atoms. The standard InChI is InChI=1S/C21H27NO6/c1-22-9-8-19-10-13(23)18(26-4)21(27-5)20(19,22)11-15(28-21)12-6-7-14(24-2)17(25-3)16(12)19/h6-7,15,18H,8-11H2,1-5H3/t15-,18-,19-,20-,21+/m0/s1. The van der Waals surface area contributed by atoms with Crippen molar-refractivity contribution in [2.75, 3.05) is 42.0 Å². The van der Waals surface area contributed by atoms with Crippen molar-refractivity contribution < 1.29 is 28.5 Å². The van der Waals surface area contributed by atoms with Crippen molar-refractivity contribution in [3.63, 3.8) is 0 Å². The third-order valence-corrected chi connectivity index (χ3v) is 7.75. The van der Waals surface area contributed by atoms with Crippen molar-refractivity contribution in [1.29, 1.82) is 0 Å². The van der Waals surface area contributed by atoms with Crippen molar-refractivity contribution in [3.8, 4) is 11.5 Å². The van der Waals surface area contributed by atoms with E-state index in [9.17, 15) is 4.79 Å². The van der Waals surface area contributed by atoms with Crippen LogP contribution in [0, 0.1) is 0 Å². The van der Waals surface area contributed by atoms with Crippen LogP contribution in [0.5, 0.6) is 11.5 Å². The maximum Gasteiger partial charge on any atom is 0.222 e. The molecule has 0 unspecified atom stereocenters. The minimum Gasteiger partial charge on any atom is -0.493 e. The van der Waals surface area contributed by atoms with Crippen molar-refractivity contribution in [1.82, 2.24) is 4.90 Å². The second-order valence-corrected chi connectivity index (χ2v) is 8.32. The molecule has 2 heterocycles. The lowest BCUT2D eigenvalue weighted by Gasteiger charge is -2.59. The van der Waals surface area contributed by atoms with Gasteiger partial charge in [0.25, 0.3) is 0 Å². The molecule has 28 heavy (non-hydrogen) atoms. The van der Waals surface area contributed by atoms with E-state index in [0.717, 1.165) is 30.5 Å². The third kappa shape index (κ3) is 1.66. The van der Waals surface area contributed by atoms with Gasteiger partial charge in [0.1, 0.15) is 0 Å². The first-order valence-corrected chi connectivity index (χ1v) is 9.71. The van der Waals surface area contributed by atoms with Crippen LogP contribution in [0.1, 0.15) is 36.5 Å². The SMILES string of the molecule is COc1ccc2c(c1OC)[C@@]13CCN(C)[C@@]14C[C@@H]2O[C@]4(OC)[C@@H](OC)C(=O)C3. The van der Waals surface area contributed by atoms with Gasteiger partial charge in [-0.2, -0.15) is 0 Å². The Hall–Kier alpha value is -1.67. The normalized spacial score (nSPS) is 41.0. The Balaban J connectivity index is 1.89. The van der Waals surface area contributed by atoms with Crippen LogP contribution in [0.25, 0.3) is 0 Å². The molecule has 0 radical (unpaired) electrons. The zero-order valence-corrected chi connectivity index (χ0v) is 17.0. The lowest BCUT2D eigenvalue weighted by molar-refractivity contribution is -0.309. The molecule has 0 aromatic heterocycles. The highest BCUT2D eigenvalue weighted by Gasteiger charge is 2.82. The molecule has 5 rings (SSSR count). The van der Waals surface area contributed by atoms with Gasteiger partial charge in [0.15, 0.2) is 23.4 Å². The predicted molar refractivity (Wildman–Crippen MR) is 99.8 cm³/mol. The number of fused-ring (bicyclic) bond motifs is 3. The van der Waals surface area contributed by atoms with Gasteiger partial charge in [-0.25, -0.2) is 0 Å². The van der Waals surface area contributed by atoms with Crippen molar-refractivity contribution in [2.45, 2.75) is 48.2 Å². The minimum absolute atomic E-state index is 0.00801. The summed E-state index contributed by atoms with van der Waals surface area (Å²) in [4.78, 5) is 15.7. The third-order valence-electron chi connectivity index (χ3n) is 7.75. The molecule has 0 amide bonds. The fourth-order valence-corrected chi connectivity index (χ4v) is 6.86. The minimum atomic E-state index is -1.16. The van der Waals surface area contributed by atoms with Gasteiger partial charge in [-0.1, -0.05) is 6.07 Å². The van der Waals surface area contributed by atoms with Gasteiger partial charge in [-0.15, -0.1) is 0 Å². The maximum atomic E-state index is 13.3. The van der Waals surface area contributed by atoms with Crippen LogP contribution in [-0.4, -0.2) is 70.1 Å². The maximum absolute atomic E-state index is 13.3. The monoisotopic (exact) mass is 389 g/mol. The molecule has 2 saturated heterocycles. The van der Waals surface area contributed by atoms with E-state index < -0.39 is 22.8 Å². The molecule has 7 nitrogen and oxygen atoms in total. The fourth-order valence-electron chi connectivity index (χ4n) is 6.86. The summed E-state index contributed by atoms with van der Waals surface area (Å²) >= 11 is 0. The van der Waals surface area contributed by atoms with Crippen molar-refractivity contribution in [3.05, 3.63) is 23.3 Å². The number of Topliss-reactive ketones (excluding diaryl/α,β-unsaturated/α-hetero) is 1. The van der Waals surface area contributed by atoms with E-state index in [1.807, 2.05) is 6.07 Å². The number of benzene rings is 1. The molecule has 3 fully saturated rings. The predicted octanol–water partition coefficient (Wildman–Crippen LogP) is 1.82. The van der Waals surface area contributed by atoms with Crippen LogP contribution in [-0.2, 0) is 24.4 Å². The van der Waals surface area contributed by atoms with Gasteiger partial charge < -0.3 is 23.7 Å². The molecule has 4 aliphatic rings. The number of carbonyl (C=O) groups is 1. The van der Waals surface area contributed by atoms with Gasteiger partial charge in [0.2, 0.25) is 5.79 Å². The molecule has 152 valence electrons. The second kappa shape index (κ2) is 5.69. The number of hydrogen-bond acceptors (Lipinski definition) is 7. The summed E-state index contributed by atoms with van der Waals surface area (Å²) in [5, 5.41) is 0. The van der Waals surface area contributed by atoms with Gasteiger partial charge in [-0.05, 0) is 31.6 Å². The molecule has 0 N–H and O–H groups in total. The highest BCUT2D eigenvalue weighted by Crippen LogP contribution is 2.72. The first-order chi connectivity index (χ1) is 13.5. The number of hydrogen-bond donors (Lipinski definition) is 0. The topological polar surface area (TPSA) is 66.5 Å². The quantitative estimate of drug-likeness (QED) is 0.778. The molecule has 5 atom stereocenters. The van der Waals surface area contributed by atoms with E-state index >= 15 is 0 Å². The highest BCUT2D eigenvalue weighted by atomic mass is 16.7. The number of likely N-dealkylation sites (tertiary alicyclic amines) is 1. The Kier molecular flexibility index (Phi) is 3.73. The Morgan fingerprint density at radius 1 is 1.18 bits per heavy atom. The number of methoxy groups -OCH3 is 4. The zero-order valence-electron chi connectivity index (χ0n) is 17.0. The first kappa shape index (κ1) is 18.4. The van der Waals surface area contributed by atoms with Crippen LogP contribution in [0.3, 0.4) is 0 Å². The van der Waals surface area contributed by atoms with Gasteiger partial charge in [0, 0.05) is 38.0 Å². The second-order valence-electron chi connectivity index (χ2n) is 8.32. The van der Waals surface area contributed by atoms with Crippen LogP contribution < -0.4 is 9.47 Å². The summed E-state index contributed by atoms with van der Waals surface area (Å²) in [6, 6.07) is 3.97. The van der Waals surface area contributed by atoms with E-state index in [1.165, 1.54) is 0 Å². The van der Waals surface area contributed by atoms with Crippen LogP contribution >= 0.6 is 0 Å². The summed E-state index contributed by atoms with van der Waals surface area (Å²) in [5.74, 6) is 0.215. The van der Waals surface area contributed by atoms with Gasteiger partial charge in [0.05, 0.1) is 25.9 Å². The Morgan fingerprint density at radius 3 is 2.61 bits per heavy atom. The summed E-state index contributed by atoms with van der Waals surface area (Å²) in [6.45, 7) is 0.838. The zero-order chi connectivity index (χ0) is 19.9. The molecule has 2 aliphatic heterocycles. The molecule has 1 spiro atoms.